The third-order valence-corrected chi connectivity index (χ3v) is 3.13. The minimum Gasteiger partial charge on any atom is -0.326 e. The Morgan fingerprint density at radius 2 is 2.00 bits per heavy atom. The summed E-state index contributed by atoms with van der Waals surface area (Å²) in [4.78, 5) is 0.371. The van der Waals surface area contributed by atoms with Crippen LogP contribution in [-0.4, -0.2) is 14.7 Å². The zero-order chi connectivity index (χ0) is 10.1. The minimum atomic E-state index is -3.12. The monoisotopic (exact) mass is 199 g/mol. The molecule has 0 amide bonds. The molecule has 0 saturated heterocycles. The summed E-state index contributed by atoms with van der Waals surface area (Å²) < 4.78 is 22.6. The first-order valence-corrected chi connectivity index (χ1v) is 5.84. The predicted octanol–water partition coefficient (Wildman–Crippen LogP) is 0.857. The summed E-state index contributed by atoms with van der Waals surface area (Å²) in [6.45, 7) is 2.14. The minimum absolute atomic E-state index is 0.364. The second kappa shape index (κ2) is 3.47. The second-order valence-corrected chi connectivity index (χ2v) is 5.06. The van der Waals surface area contributed by atoms with Gasteiger partial charge in [0.15, 0.2) is 9.84 Å². The average Bonchev–Trinajstić information content (AvgIpc) is 2.03. The van der Waals surface area contributed by atoms with Crippen LogP contribution in [0.3, 0.4) is 0 Å². The van der Waals surface area contributed by atoms with Gasteiger partial charge in [-0.15, -0.1) is 0 Å². The van der Waals surface area contributed by atoms with Crippen LogP contribution in [-0.2, 0) is 16.4 Å². The van der Waals surface area contributed by atoms with Crippen molar-refractivity contribution in [2.75, 3.05) is 6.26 Å². The lowest BCUT2D eigenvalue weighted by Crippen LogP contribution is -2.03. The van der Waals surface area contributed by atoms with E-state index in [1.807, 2.05) is 6.07 Å². The first-order valence-electron chi connectivity index (χ1n) is 3.95. The Balaban J connectivity index is 3.36. The van der Waals surface area contributed by atoms with E-state index in [4.69, 9.17) is 5.73 Å². The van der Waals surface area contributed by atoms with Crippen molar-refractivity contribution in [3.8, 4) is 0 Å². The topological polar surface area (TPSA) is 60.2 Å². The van der Waals surface area contributed by atoms with Gasteiger partial charge in [-0.3, -0.25) is 0 Å². The smallest absolute Gasteiger partial charge is 0.175 e. The van der Waals surface area contributed by atoms with Gasteiger partial charge >= 0.3 is 0 Å². The van der Waals surface area contributed by atoms with Gasteiger partial charge < -0.3 is 5.73 Å². The van der Waals surface area contributed by atoms with Crippen LogP contribution in [0.15, 0.2) is 23.1 Å². The van der Waals surface area contributed by atoms with E-state index in [-0.39, 0.29) is 0 Å². The predicted molar refractivity (Wildman–Crippen MR) is 52.2 cm³/mol. The van der Waals surface area contributed by atoms with Crippen LogP contribution in [0, 0.1) is 6.92 Å². The van der Waals surface area contributed by atoms with E-state index in [0.29, 0.717) is 11.4 Å². The van der Waals surface area contributed by atoms with Crippen LogP contribution >= 0.6 is 0 Å². The quantitative estimate of drug-likeness (QED) is 0.768. The molecule has 0 heterocycles. The van der Waals surface area contributed by atoms with Gasteiger partial charge in [0.25, 0.3) is 0 Å². The number of hydrogen-bond acceptors (Lipinski definition) is 3. The molecule has 0 aromatic heterocycles. The summed E-state index contributed by atoms with van der Waals surface area (Å²) in [5.74, 6) is 0. The lowest BCUT2D eigenvalue weighted by molar-refractivity contribution is 0.601. The highest BCUT2D eigenvalue weighted by Crippen LogP contribution is 2.16. The molecule has 0 aliphatic heterocycles. The summed E-state index contributed by atoms with van der Waals surface area (Å²) in [6, 6.07) is 5.24. The van der Waals surface area contributed by atoms with Crippen LogP contribution in [0.25, 0.3) is 0 Å². The van der Waals surface area contributed by atoms with Crippen LogP contribution in [0.5, 0.6) is 0 Å². The normalized spacial score (nSPS) is 11.6. The van der Waals surface area contributed by atoms with Crippen molar-refractivity contribution in [2.24, 2.45) is 5.73 Å². The third kappa shape index (κ3) is 2.29. The fraction of sp³-hybridized carbons (Fsp3) is 0.333. The Hall–Kier alpha value is -0.870. The van der Waals surface area contributed by atoms with Gasteiger partial charge in [0.1, 0.15) is 0 Å². The number of sulfone groups is 1. The average molecular weight is 199 g/mol. The van der Waals surface area contributed by atoms with E-state index in [9.17, 15) is 8.42 Å². The number of hydrogen-bond donors (Lipinski definition) is 1. The molecule has 0 fully saturated rings. The SMILES string of the molecule is Cc1ccc(CN)cc1S(C)(=O)=O. The van der Waals surface area contributed by atoms with Crippen LogP contribution < -0.4 is 5.73 Å². The highest BCUT2D eigenvalue weighted by Gasteiger charge is 2.10. The Labute approximate surface area is 78.5 Å². The summed E-state index contributed by atoms with van der Waals surface area (Å²) in [5.41, 5.74) is 7.02. The third-order valence-electron chi connectivity index (χ3n) is 1.89. The maximum atomic E-state index is 11.3. The number of aryl methyl sites for hydroxylation is 1. The first kappa shape index (κ1) is 10.2. The summed E-state index contributed by atoms with van der Waals surface area (Å²) in [7, 11) is -3.12. The van der Waals surface area contributed by atoms with Crippen molar-refractivity contribution in [2.45, 2.75) is 18.4 Å². The highest BCUT2D eigenvalue weighted by molar-refractivity contribution is 7.90. The molecule has 0 aliphatic rings. The zero-order valence-corrected chi connectivity index (χ0v) is 8.56. The van der Waals surface area contributed by atoms with Crippen molar-refractivity contribution in [1.29, 1.82) is 0 Å². The molecule has 4 heteroatoms. The molecule has 0 unspecified atom stereocenters. The molecule has 0 bridgehead atoms. The van der Waals surface area contributed by atoms with Crippen molar-refractivity contribution in [1.82, 2.24) is 0 Å². The largest absolute Gasteiger partial charge is 0.326 e. The standard InChI is InChI=1S/C9H13NO2S/c1-7-3-4-8(6-10)5-9(7)13(2,11)12/h3-5H,6,10H2,1-2H3. The van der Waals surface area contributed by atoms with Crippen LogP contribution in [0.2, 0.25) is 0 Å². The van der Waals surface area contributed by atoms with E-state index in [0.717, 1.165) is 11.1 Å². The number of nitrogens with two attached hydrogens (primary N) is 1. The van der Waals surface area contributed by atoms with E-state index in [1.165, 1.54) is 6.26 Å². The Morgan fingerprint density at radius 3 is 2.46 bits per heavy atom. The van der Waals surface area contributed by atoms with Crippen molar-refractivity contribution < 1.29 is 8.42 Å². The lowest BCUT2D eigenvalue weighted by Gasteiger charge is -2.05. The number of benzene rings is 1. The molecule has 2 N–H and O–H groups in total. The molecule has 1 rings (SSSR count). The molecule has 72 valence electrons. The van der Waals surface area contributed by atoms with E-state index in [1.54, 1.807) is 19.1 Å². The summed E-state index contributed by atoms with van der Waals surface area (Å²) in [6.07, 6.45) is 1.20. The summed E-state index contributed by atoms with van der Waals surface area (Å²) in [5, 5.41) is 0. The highest BCUT2D eigenvalue weighted by atomic mass is 32.2. The van der Waals surface area contributed by atoms with Crippen molar-refractivity contribution in [3.63, 3.8) is 0 Å². The van der Waals surface area contributed by atoms with E-state index in [2.05, 4.69) is 0 Å². The Morgan fingerprint density at radius 1 is 1.38 bits per heavy atom. The van der Waals surface area contributed by atoms with Crippen LogP contribution in [0.1, 0.15) is 11.1 Å². The second-order valence-electron chi connectivity index (χ2n) is 3.08. The molecule has 0 radical (unpaired) electrons. The fourth-order valence-electron chi connectivity index (χ4n) is 1.17. The number of rotatable bonds is 2. The molecule has 1 aromatic carbocycles. The van der Waals surface area contributed by atoms with Gasteiger partial charge in [-0.2, -0.15) is 0 Å². The van der Waals surface area contributed by atoms with Gasteiger partial charge in [-0.25, -0.2) is 8.42 Å². The van der Waals surface area contributed by atoms with Gasteiger partial charge in [0, 0.05) is 12.8 Å². The molecule has 0 aliphatic carbocycles. The molecular weight excluding hydrogens is 186 g/mol. The van der Waals surface area contributed by atoms with Crippen molar-refractivity contribution >= 4 is 9.84 Å². The molecule has 0 saturated carbocycles. The van der Waals surface area contributed by atoms with Crippen LogP contribution in [0.4, 0.5) is 0 Å². The van der Waals surface area contributed by atoms with E-state index < -0.39 is 9.84 Å². The molecule has 0 spiro atoms. The van der Waals surface area contributed by atoms with Gasteiger partial charge in [-0.1, -0.05) is 12.1 Å². The maximum absolute atomic E-state index is 11.3. The fourth-order valence-corrected chi connectivity index (χ4v) is 2.19. The van der Waals surface area contributed by atoms with Gasteiger partial charge in [0.05, 0.1) is 4.90 Å². The van der Waals surface area contributed by atoms with Crippen molar-refractivity contribution in [3.05, 3.63) is 29.3 Å². The molecule has 13 heavy (non-hydrogen) atoms. The Kier molecular flexibility index (Phi) is 2.73. The molecule has 1 aromatic rings. The maximum Gasteiger partial charge on any atom is 0.175 e. The van der Waals surface area contributed by atoms with Gasteiger partial charge in [-0.05, 0) is 24.1 Å². The van der Waals surface area contributed by atoms with Gasteiger partial charge in [0.2, 0.25) is 0 Å². The first-order chi connectivity index (χ1) is 5.95. The molecule has 3 nitrogen and oxygen atoms in total. The zero-order valence-electron chi connectivity index (χ0n) is 7.74. The summed E-state index contributed by atoms with van der Waals surface area (Å²) >= 11 is 0. The molecular formula is C9H13NO2S. The lowest BCUT2D eigenvalue weighted by atomic mass is 10.1. The van der Waals surface area contributed by atoms with E-state index >= 15 is 0 Å². The Bertz CT molecular complexity index is 410. The molecule has 0 atom stereocenters.